The van der Waals surface area contributed by atoms with E-state index in [2.05, 4.69) is 55.2 Å². The maximum atomic E-state index is 4.49. The van der Waals surface area contributed by atoms with Gasteiger partial charge in [-0.1, -0.05) is 39.5 Å². The van der Waals surface area contributed by atoms with Gasteiger partial charge in [-0.3, -0.25) is 0 Å². The molecule has 108 valence electrons. The molecule has 0 aliphatic carbocycles. The Morgan fingerprint density at radius 2 is 1.79 bits per heavy atom. The lowest BCUT2D eigenvalue weighted by atomic mass is 9.82. The number of aromatic nitrogens is 2. The van der Waals surface area contributed by atoms with Crippen LogP contribution in [0.15, 0.2) is 11.2 Å². The largest absolute Gasteiger partial charge is 0.370 e. The summed E-state index contributed by atoms with van der Waals surface area (Å²) in [6, 6.07) is 1.97. The monoisotopic (exact) mass is 282 g/mol. The third-order valence-electron chi connectivity index (χ3n) is 3.31. The topological polar surface area (TPSA) is 49.8 Å². The average molecular weight is 282 g/mol. The molecule has 0 spiro atoms. The number of hydrogen-bond donors (Lipinski definition) is 2. The molecule has 2 N–H and O–H groups in total. The summed E-state index contributed by atoms with van der Waals surface area (Å²) in [6.07, 6.45) is 1.99. The van der Waals surface area contributed by atoms with E-state index in [1.807, 2.05) is 12.3 Å². The minimum absolute atomic E-state index is 0.298. The van der Waals surface area contributed by atoms with Gasteiger partial charge >= 0.3 is 0 Å². The maximum absolute atomic E-state index is 4.49. The fourth-order valence-corrected chi connectivity index (χ4v) is 1.82. The minimum Gasteiger partial charge on any atom is -0.370 e. The van der Waals surface area contributed by atoms with Gasteiger partial charge < -0.3 is 10.6 Å². The third-order valence-corrected chi connectivity index (χ3v) is 3.86. The summed E-state index contributed by atoms with van der Waals surface area (Å²) in [5.74, 6) is 2.35. The van der Waals surface area contributed by atoms with Crippen LogP contribution in [0.1, 0.15) is 34.6 Å². The highest BCUT2D eigenvalue weighted by Gasteiger charge is 2.19. The van der Waals surface area contributed by atoms with Gasteiger partial charge in [0.2, 0.25) is 0 Å². The zero-order valence-corrected chi connectivity index (χ0v) is 13.7. The predicted molar refractivity (Wildman–Crippen MR) is 85.1 cm³/mol. The summed E-state index contributed by atoms with van der Waals surface area (Å²) in [7, 11) is 0. The Morgan fingerprint density at radius 3 is 2.26 bits per heavy atom. The van der Waals surface area contributed by atoms with Gasteiger partial charge in [0.1, 0.15) is 11.6 Å². The first kappa shape index (κ1) is 16.1. The molecular weight excluding hydrogens is 256 g/mol. The van der Waals surface area contributed by atoms with Crippen molar-refractivity contribution in [2.45, 2.75) is 39.8 Å². The molecule has 1 rings (SSSR count). The molecule has 0 aliphatic heterocycles. The molecule has 0 aliphatic rings. The molecular formula is C14H26N4S. The molecule has 19 heavy (non-hydrogen) atoms. The molecule has 1 unspecified atom stereocenters. The number of thioether (sulfide) groups is 1. The molecule has 0 amide bonds. The van der Waals surface area contributed by atoms with E-state index < -0.39 is 0 Å². The first-order chi connectivity index (χ1) is 8.86. The number of rotatable bonds is 6. The molecule has 0 fully saturated rings. The van der Waals surface area contributed by atoms with Crippen LogP contribution in [0.3, 0.4) is 0 Å². The van der Waals surface area contributed by atoms with Crippen molar-refractivity contribution < 1.29 is 0 Å². The molecule has 0 saturated carbocycles. The highest BCUT2D eigenvalue weighted by Crippen LogP contribution is 2.26. The Kier molecular flexibility index (Phi) is 5.91. The van der Waals surface area contributed by atoms with Crippen molar-refractivity contribution in [3.8, 4) is 0 Å². The molecule has 0 saturated heterocycles. The number of nitrogens with zero attached hydrogens (tertiary/aromatic N) is 2. The lowest BCUT2D eigenvalue weighted by Crippen LogP contribution is -2.25. The first-order valence-electron chi connectivity index (χ1n) is 6.77. The highest BCUT2D eigenvalue weighted by atomic mass is 32.2. The van der Waals surface area contributed by atoms with Gasteiger partial charge in [-0.2, -0.15) is 0 Å². The van der Waals surface area contributed by atoms with Crippen LogP contribution in [-0.2, 0) is 0 Å². The van der Waals surface area contributed by atoms with Gasteiger partial charge in [-0.15, -0.1) is 0 Å². The summed E-state index contributed by atoms with van der Waals surface area (Å²) >= 11 is 1.56. The second-order valence-electron chi connectivity index (χ2n) is 5.80. The van der Waals surface area contributed by atoms with Crippen molar-refractivity contribution in [3.63, 3.8) is 0 Å². The number of anilines is 2. The van der Waals surface area contributed by atoms with E-state index in [0.29, 0.717) is 11.3 Å². The average Bonchev–Trinajstić information content (AvgIpc) is 2.34. The molecule has 1 aromatic heterocycles. The van der Waals surface area contributed by atoms with Crippen molar-refractivity contribution in [2.24, 2.45) is 11.3 Å². The van der Waals surface area contributed by atoms with E-state index in [4.69, 9.17) is 0 Å². The van der Waals surface area contributed by atoms with Crippen LogP contribution in [-0.4, -0.2) is 29.3 Å². The van der Waals surface area contributed by atoms with Crippen LogP contribution in [0, 0.1) is 11.3 Å². The molecule has 1 aromatic rings. The van der Waals surface area contributed by atoms with Crippen molar-refractivity contribution >= 4 is 23.4 Å². The Bertz CT molecular complexity index is 401. The zero-order chi connectivity index (χ0) is 14.5. The van der Waals surface area contributed by atoms with Crippen LogP contribution in [0.5, 0.6) is 0 Å². The van der Waals surface area contributed by atoms with E-state index in [0.717, 1.165) is 29.9 Å². The van der Waals surface area contributed by atoms with Gasteiger partial charge in [0, 0.05) is 19.2 Å². The van der Waals surface area contributed by atoms with Crippen LogP contribution >= 0.6 is 11.8 Å². The van der Waals surface area contributed by atoms with Crippen molar-refractivity contribution in [1.29, 1.82) is 0 Å². The van der Waals surface area contributed by atoms with Crippen LogP contribution < -0.4 is 10.6 Å². The van der Waals surface area contributed by atoms with Gasteiger partial charge in [0.15, 0.2) is 5.16 Å². The van der Waals surface area contributed by atoms with E-state index in [1.54, 1.807) is 11.8 Å². The minimum atomic E-state index is 0.298. The molecule has 0 aromatic carbocycles. The van der Waals surface area contributed by atoms with Gasteiger partial charge in [0.25, 0.3) is 0 Å². The van der Waals surface area contributed by atoms with E-state index >= 15 is 0 Å². The molecule has 4 nitrogen and oxygen atoms in total. The SMILES string of the molecule is CCNc1cc(NCC(C)C(C)(C)C)nc(SC)n1. The Morgan fingerprint density at radius 1 is 1.21 bits per heavy atom. The van der Waals surface area contributed by atoms with Gasteiger partial charge in [0.05, 0.1) is 0 Å². The summed E-state index contributed by atoms with van der Waals surface area (Å²) in [4.78, 5) is 8.91. The zero-order valence-electron chi connectivity index (χ0n) is 12.9. The van der Waals surface area contributed by atoms with Crippen molar-refractivity contribution in [1.82, 2.24) is 9.97 Å². The van der Waals surface area contributed by atoms with E-state index in [1.165, 1.54) is 0 Å². The lowest BCUT2D eigenvalue weighted by Gasteiger charge is -2.27. The first-order valence-corrected chi connectivity index (χ1v) is 8.00. The van der Waals surface area contributed by atoms with Crippen molar-refractivity contribution in [2.75, 3.05) is 30.0 Å². The molecule has 1 heterocycles. The smallest absolute Gasteiger partial charge is 0.191 e. The van der Waals surface area contributed by atoms with E-state index in [9.17, 15) is 0 Å². The normalized spacial score (nSPS) is 13.2. The summed E-state index contributed by atoms with van der Waals surface area (Å²) in [5, 5.41) is 7.45. The van der Waals surface area contributed by atoms with Crippen LogP contribution in [0.2, 0.25) is 0 Å². The molecule has 1 atom stereocenters. The maximum Gasteiger partial charge on any atom is 0.191 e. The molecule has 5 heteroatoms. The third kappa shape index (κ3) is 5.27. The Balaban J connectivity index is 2.74. The number of hydrogen-bond acceptors (Lipinski definition) is 5. The lowest BCUT2D eigenvalue weighted by molar-refractivity contribution is 0.274. The highest BCUT2D eigenvalue weighted by molar-refractivity contribution is 7.98. The second-order valence-corrected chi connectivity index (χ2v) is 6.58. The summed E-state index contributed by atoms with van der Waals surface area (Å²) < 4.78 is 0. The Hall–Kier alpha value is -0.970. The summed E-state index contributed by atoms with van der Waals surface area (Å²) in [5.41, 5.74) is 0.298. The molecule has 0 radical (unpaired) electrons. The fraction of sp³-hybridized carbons (Fsp3) is 0.714. The predicted octanol–water partition coefficient (Wildman–Crippen LogP) is 3.72. The van der Waals surface area contributed by atoms with Gasteiger partial charge in [-0.25, -0.2) is 9.97 Å². The molecule has 0 bridgehead atoms. The van der Waals surface area contributed by atoms with Gasteiger partial charge in [-0.05, 0) is 24.5 Å². The van der Waals surface area contributed by atoms with E-state index in [-0.39, 0.29) is 0 Å². The van der Waals surface area contributed by atoms with Crippen LogP contribution in [0.4, 0.5) is 11.6 Å². The number of nitrogens with one attached hydrogen (secondary N) is 2. The summed E-state index contributed by atoms with van der Waals surface area (Å²) in [6.45, 7) is 12.9. The fourth-order valence-electron chi connectivity index (χ4n) is 1.44. The van der Waals surface area contributed by atoms with Crippen LogP contribution in [0.25, 0.3) is 0 Å². The quantitative estimate of drug-likeness (QED) is 0.615. The van der Waals surface area contributed by atoms with Crippen molar-refractivity contribution in [3.05, 3.63) is 6.07 Å². The second kappa shape index (κ2) is 6.98. The standard InChI is InChI=1S/C14H26N4S/c1-7-15-11-8-12(18-13(17-11)19-6)16-9-10(2)14(3,4)5/h8,10H,7,9H2,1-6H3,(H2,15,16,17,18). The Labute approximate surface area is 121 Å².